The Labute approximate surface area is 116 Å². The van der Waals surface area contributed by atoms with Gasteiger partial charge < -0.3 is 5.73 Å². The molecule has 0 aliphatic rings. The van der Waals surface area contributed by atoms with Crippen molar-refractivity contribution in [3.05, 3.63) is 64.0 Å². The Morgan fingerprint density at radius 2 is 2.00 bits per heavy atom. The number of nitrogen functional groups attached to an aromatic ring is 1. The van der Waals surface area contributed by atoms with Crippen molar-refractivity contribution >= 4 is 22.2 Å². The maximum absolute atomic E-state index is 13.2. The monoisotopic (exact) mass is 294 g/mol. The van der Waals surface area contributed by atoms with Crippen molar-refractivity contribution in [2.75, 3.05) is 5.73 Å². The second-order valence-corrected chi connectivity index (χ2v) is 5.54. The van der Waals surface area contributed by atoms with Crippen LogP contribution in [0.5, 0.6) is 0 Å². The Morgan fingerprint density at radius 1 is 1.25 bits per heavy atom. The van der Waals surface area contributed by atoms with Crippen molar-refractivity contribution in [1.82, 2.24) is 0 Å². The van der Waals surface area contributed by atoms with E-state index in [0.29, 0.717) is 10.6 Å². The maximum atomic E-state index is 13.2. The molecule has 0 saturated heterocycles. The molecule has 0 spiro atoms. The summed E-state index contributed by atoms with van der Waals surface area (Å²) in [5.41, 5.74) is 5.88. The van der Waals surface area contributed by atoms with Crippen LogP contribution in [-0.2, 0) is 16.6 Å². The Kier molecular flexibility index (Phi) is 4.09. The third-order valence-corrected chi connectivity index (χ3v) is 4.00. The van der Waals surface area contributed by atoms with Crippen LogP contribution in [0.4, 0.5) is 15.8 Å². The standard InChI is InChI=1S/C13H11FN2O3S/c14-10-4-5-13(16(17)18)9(6-10)8-20(19)12-3-1-2-11(15)7-12/h1-7H,8,15H2. The summed E-state index contributed by atoms with van der Waals surface area (Å²) in [5, 5.41) is 10.9. The Hall–Kier alpha value is -2.28. The maximum Gasteiger partial charge on any atom is 0.273 e. The second kappa shape index (κ2) is 5.79. The number of nitrogens with two attached hydrogens (primary N) is 1. The van der Waals surface area contributed by atoms with E-state index in [4.69, 9.17) is 5.73 Å². The highest BCUT2D eigenvalue weighted by Crippen LogP contribution is 2.23. The van der Waals surface area contributed by atoms with Gasteiger partial charge in [0, 0.05) is 22.2 Å². The van der Waals surface area contributed by atoms with E-state index in [-0.39, 0.29) is 17.0 Å². The fraction of sp³-hybridized carbons (Fsp3) is 0.0769. The molecule has 1 unspecified atom stereocenters. The fourth-order valence-electron chi connectivity index (χ4n) is 1.73. The van der Waals surface area contributed by atoms with Crippen molar-refractivity contribution in [2.45, 2.75) is 10.6 Å². The molecule has 0 radical (unpaired) electrons. The van der Waals surface area contributed by atoms with Crippen LogP contribution < -0.4 is 5.73 Å². The molecule has 0 aliphatic carbocycles. The van der Waals surface area contributed by atoms with Gasteiger partial charge in [-0.3, -0.25) is 14.3 Å². The molecular weight excluding hydrogens is 283 g/mol. The Morgan fingerprint density at radius 3 is 2.65 bits per heavy atom. The average Bonchev–Trinajstić information content (AvgIpc) is 2.38. The van der Waals surface area contributed by atoms with Gasteiger partial charge in [-0.15, -0.1) is 0 Å². The quantitative estimate of drug-likeness (QED) is 0.533. The zero-order chi connectivity index (χ0) is 14.7. The van der Waals surface area contributed by atoms with E-state index in [9.17, 15) is 18.7 Å². The topological polar surface area (TPSA) is 86.2 Å². The van der Waals surface area contributed by atoms with Crippen molar-refractivity contribution in [3.63, 3.8) is 0 Å². The summed E-state index contributed by atoms with van der Waals surface area (Å²) in [5.74, 6) is -0.743. The number of benzene rings is 2. The van der Waals surface area contributed by atoms with E-state index in [1.54, 1.807) is 18.2 Å². The normalized spacial score (nSPS) is 12.1. The van der Waals surface area contributed by atoms with Crippen molar-refractivity contribution in [2.24, 2.45) is 0 Å². The van der Waals surface area contributed by atoms with Gasteiger partial charge in [0.15, 0.2) is 0 Å². The minimum Gasteiger partial charge on any atom is -0.399 e. The molecule has 2 aromatic rings. The summed E-state index contributed by atoms with van der Waals surface area (Å²) in [6, 6.07) is 9.53. The van der Waals surface area contributed by atoms with Crippen molar-refractivity contribution in [3.8, 4) is 0 Å². The molecule has 0 aliphatic heterocycles. The van der Waals surface area contributed by atoms with Crippen LogP contribution in [0.3, 0.4) is 0 Å². The first-order valence-electron chi connectivity index (χ1n) is 5.64. The van der Waals surface area contributed by atoms with E-state index < -0.39 is 21.5 Å². The van der Waals surface area contributed by atoms with E-state index in [1.165, 1.54) is 6.07 Å². The minimum absolute atomic E-state index is 0.0933. The van der Waals surface area contributed by atoms with E-state index in [1.807, 2.05) is 0 Å². The molecule has 2 rings (SSSR count). The molecule has 0 amide bonds. The molecule has 20 heavy (non-hydrogen) atoms. The predicted octanol–water partition coefficient (Wildman–Crippen LogP) is 2.62. The number of nitro benzene ring substituents is 1. The van der Waals surface area contributed by atoms with Gasteiger partial charge in [0.05, 0.1) is 21.5 Å². The van der Waals surface area contributed by atoms with Gasteiger partial charge in [0.1, 0.15) is 5.82 Å². The summed E-state index contributed by atoms with van der Waals surface area (Å²) in [7, 11) is -1.53. The minimum atomic E-state index is -1.53. The largest absolute Gasteiger partial charge is 0.399 e. The molecule has 0 fully saturated rings. The average molecular weight is 294 g/mol. The third-order valence-electron chi connectivity index (χ3n) is 2.65. The van der Waals surface area contributed by atoms with Crippen LogP contribution in [0.2, 0.25) is 0 Å². The van der Waals surface area contributed by atoms with Gasteiger partial charge in [-0.05, 0) is 30.3 Å². The van der Waals surface area contributed by atoms with Crippen LogP contribution in [0.25, 0.3) is 0 Å². The molecule has 2 aromatic carbocycles. The summed E-state index contributed by atoms with van der Waals surface area (Å²) in [6.07, 6.45) is 0. The summed E-state index contributed by atoms with van der Waals surface area (Å²) >= 11 is 0. The Bertz CT molecular complexity index is 691. The lowest BCUT2D eigenvalue weighted by molar-refractivity contribution is -0.385. The lowest BCUT2D eigenvalue weighted by Gasteiger charge is -2.05. The van der Waals surface area contributed by atoms with Gasteiger partial charge in [0.2, 0.25) is 0 Å². The number of nitro groups is 1. The number of nitrogens with zero attached hydrogens (tertiary/aromatic N) is 1. The molecule has 0 saturated carbocycles. The fourth-order valence-corrected chi connectivity index (χ4v) is 2.91. The number of anilines is 1. The van der Waals surface area contributed by atoms with Gasteiger partial charge in [-0.1, -0.05) is 6.07 Å². The molecule has 0 aromatic heterocycles. The number of halogens is 1. The molecule has 104 valence electrons. The van der Waals surface area contributed by atoms with Gasteiger partial charge in [0.25, 0.3) is 5.69 Å². The highest BCUT2D eigenvalue weighted by molar-refractivity contribution is 7.84. The van der Waals surface area contributed by atoms with Crippen LogP contribution in [0, 0.1) is 15.9 Å². The van der Waals surface area contributed by atoms with Crippen molar-refractivity contribution < 1.29 is 13.5 Å². The third kappa shape index (κ3) is 3.18. The van der Waals surface area contributed by atoms with Crippen molar-refractivity contribution in [1.29, 1.82) is 0 Å². The summed E-state index contributed by atoms with van der Waals surface area (Å²) in [6.45, 7) is 0. The van der Waals surface area contributed by atoms with Gasteiger partial charge in [-0.2, -0.15) is 0 Å². The zero-order valence-electron chi connectivity index (χ0n) is 10.3. The highest BCUT2D eigenvalue weighted by atomic mass is 32.2. The SMILES string of the molecule is Nc1cccc(S(=O)Cc2cc(F)ccc2[N+](=O)[O-])c1. The molecule has 0 bridgehead atoms. The molecule has 0 heterocycles. The van der Waals surface area contributed by atoms with E-state index >= 15 is 0 Å². The molecule has 7 heteroatoms. The first-order chi connectivity index (χ1) is 9.47. The molecule has 1 atom stereocenters. The van der Waals surface area contributed by atoms with Crippen LogP contribution >= 0.6 is 0 Å². The van der Waals surface area contributed by atoms with Gasteiger partial charge >= 0.3 is 0 Å². The first kappa shape index (κ1) is 14.1. The lowest BCUT2D eigenvalue weighted by Crippen LogP contribution is -2.02. The molecular formula is C13H11FN2O3S. The number of hydrogen-bond donors (Lipinski definition) is 1. The first-order valence-corrected chi connectivity index (χ1v) is 6.96. The predicted molar refractivity (Wildman–Crippen MR) is 74.0 cm³/mol. The number of rotatable bonds is 4. The van der Waals surface area contributed by atoms with Crippen LogP contribution in [0.15, 0.2) is 47.4 Å². The summed E-state index contributed by atoms with van der Waals surface area (Å²) < 4.78 is 25.3. The van der Waals surface area contributed by atoms with Crippen LogP contribution in [-0.4, -0.2) is 9.13 Å². The lowest BCUT2D eigenvalue weighted by atomic mass is 10.2. The smallest absolute Gasteiger partial charge is 0.273 e. The summed E-state index contributed by atoms with van der Waals surface area (Å²) in [4.78, 5) is 10.7. The number of hydrogen-bond acceptors (Lipinski definition) is 4. The zero-order valence-corrected chi connectivity index (χ0v) is 11.1. The van der Waals surface area contributed by atoms with Crippen LogP contribution in [0.1, 0.15) is 5.56 Å². The Balaban J connectivity index is 2.32. The molecule has 2 N–H and O–H groups in total. The highest BCUT2D eigenvalue weighted by Gasteiger charge is 2.17. The van der Waals surface area contributed by atoms with E-state index in [0.717, 1.165) is 18.2 Å². The second-order valence-electron chi connectivity index (χ2n) is 4.09. The van der Waals surface area contributed by atoms with Gasteiger partial charge in [-0.25, -0.2) is 4.39 Å². The molecule has 5 nitrogen and oxygen atoms in total. The van der Waals surface area contributed by atoms with E-state index in [2.05, 4.69) is 0 Å².